The maximum atomic E-state index is 12.4. The highest BCUT2D eigenvalue weighted by molar-refractivity contribution is 6.28. The number of carbonyl (C=O) groups excluding carboxylic acids is 2. The lowest BCUT2D eigenvalue weighted by Gasteiger charge is -2.07. The van der Waals surface area contributed by atoms with Crippen LogP contribution < -0.4 is 18.9 Å². The van der Waals surface area contributed by atoms with Crippen molar-refractivity contribution in [2.75, 3.05) is 28.4 Å². The molecule has 0 amide bonds. The van der Waals surface area contributed by atoms with Crippen LogP contribution in [-0.2, 0) is 9.59 Å². The number of aliphatic hydroxyl groups is 1. The number of benzene rings is 2. The van der Waals surface area contributed by atoms with E-state index in [1.165, 1.54) is 52.7 Å². The average Bonchev–Trinajstić information content (AvgIpc) is 2.81. The first-order valence-corrected chi connectivity index (χ1v) is 9.20. The molecular weight excluding hydrogens is 400 g/mol. The van der Waals surface area contributed by atoms with E-state index in [9.17, 15) is 14.7 Å². The van der Waals surface area contributed by atoms with E-state index in [1.54, 1.807) is 36.4 Å². The number of ketones is 2. The topological polar surface area (TPSA) is 91.3 Å². The Morgan fingerprint density at radius 3 is 1.39 bits per heavy atom. The summed E-state index contributed by atoms with van der Waals surface area (Å²) < 4.78 is 20.8. The molecule has 0 aliphatic rings. The van der Waals surface area contributed by atoms with Crippen LogP contribution in [0.15, 0.2) is 60.4 Å². The third-order valence-electron chi connectivity index (χ3n) is 4.33. The van der Waals surface area contributed by atoms with Gasteiger partial charge in [0.2, 0.25) is 0 Å². The molecule has 162 valence electrons. The lowest BCUT2D eigenvalue weighted by Crippen LogP contribution is -2.08. The van der Waals surface area contributed by atoms with E-state index in [2.05, 4.69) is 0 Å². The predicted molar refractivity (Wildman–Crippen MR) is 118 cm³/mol. The third-order valence-corrected chi connectivity index (χ3v) is 4.33. The monoisotopic (exact) mass is 424 g/mol. The van der Waals surface area contributed by atoms with Crippen molar-refractivity contribution in [2.24, 2.45) is 0 Å². The zero-order valence-corrected chi connectivity index (χ0v) is 17.7. The van der Waals surface area contributed by atoms with Crippen LogP contribution >= 0.6 is 0 Å². The Kier molecular flexibility index (Phi) is 8.45. The van der Waals surface area contributed by atoms with Crippen molar-refractivity contribution in [3.63, 3.8) is 0 Å². The number of ether oxygens (including phenoxy) is 4. The van der Waals surface area contributed by atoms with Gasteiger partial charge in [-0.15, -0.1) is 0 Å². The molecule has 31 heavy (non-hydrogen) atoms. The minimum absolute atomic E-state index is 0.367. The van der Waals surface area contributed by atoms with Crippen LogP contribution in [-0.4, -0.2) is 45.1 Å². The molecule has 7 nitrogen and oxygen atoms in total. The van der Waals surface area contributed by atoms with Crippen LogP contribution in [0.1, 0.15) is 11.1 Å². The molecule has 0 unspecified atom stereocenters. The molecule has 0 spiro atoms. The van der Waals surface area contributed by atoms with Crippen molar-refractivity contribution in [2.45, 2.75) is 0 Å². The van der Waals surface area contributed by atoms with Crippen molar-refractivity contribution in [1.29, 1.82) is 0 Å². The standard InChI is InChI=1S/C24H24O7/c1-28-21-11-7-16(13-23(21)30-3)5-9-19(26)18(15-25)20(27)10-6-17-8-12-22(29-2)24(14-17)31-4/h5-15,25H,1-4H3/b9-5+,10-6+. The average molecular weight is 424 g/mol. The molecule has 0 aliphatic heterocycles. The zero-order valence-electron chi connectivity index (χ0n) is 17.7. The predicted octanol–water partition coefficient (Wildman–Crippen LogP) is 4.03. The maximum Gasteiger partial charge on any atom is 0.192 e. The summed E-state index contributed by atoms with van der Waals surface area (Å²) in [5.41, 5.74) is 0.960. The highest BCUT2D eigenvalue weighted by Gasteiger charge is 2.14. The lowest BCUT2D eigenvalue weighted by atomic mass is 10.0. The Labute approximate surface area is 180 Å². The summed E-state index contributed by atoms with van der Waals surface area (Å²) in [6, 6.07) is 10.2. The summed E-state index contributed by atoms with van der Waals surface area (Å²) in [5.74, 6) is 0.834. The molecule has 0 bridgehead atoms. The lowest BCUT2D eigenvalue weighted by molar-refractivity contribution is -0.116. The van der Waals surface area contributed by atoms with Crippen LogP contribution in [0, 0.1) is 0 Å². The van der Waals surface area contributed by atoms with Gasteiger partial charge in [-0.2, -0.15) is 0 Å². The normalized spacial score (nSPS) is 10.7. The summed E-state index contributed by atoms with van der Waals surface area (Å²) in [5, 5.41) is 9.42. The summed E-state index contributed by atoms with van der Waals surface area (Å²) >= 11 is 0. The van der Waals surface area contributed by atoms with Gasteiger partial charge in [-0.25, -0.2) is 0 Å². The molecule has 2 aromatic carbocycles. The second-order valence-electron chi connectivity index (χ2n) is 6.17. The van der Waals surface area contributed by atoms with E-state index >= 15 is 0 Å². The number of allylic oxidation sites excluding steroid dienone is 3. The van der Waals surface area contributed by atoms with E-state index in [-0.39, 0.29) is 5.57 Å². The molecular formula is C24H24O7. The molecule has 0 saturated carbocycles. The first-order chi connectivity index (χ1) is 15.0. The summed E-state index contributed by atoms with van der Waals surface area (Å²) in [6.07, 6.45) is 5.93. The van der Waals surface area contributed by atoms with E-state index in [1.807, 2.05) is 0 Å². The van der Waals surface area contributed by atoms with Gasteiger partial charge in [0.05, 0.1) is 34.7 Å². The van der Waals surface area contributed by atoms with Crippen molar-refractivity contribution in [3.8, 4) is 23.0 Å². The van der Waals surface area contributed by atoms with Gasteiger partial charge in [-0.1, -0.05) is 24.3 Å². The van der Waals surface area contributed by atoms with Gasteiger partial charge in [0.25, 0.3) is 0 Å². The Hall–Kier alpha value is -4.00. The van der Waals surface area contributed by atoms with Gasteiger partial charge >= 0.3 is 0 Å². The first-order valence-electron chi connectivity index (χ1n) is 9.20. The molecule has 0 radical (unpaired) electrons. The fourth-order valence-electron chi connectivity index (χ4n) is 2.69. The quantitative estimate of drug-likeness (QED) is 0.266. The number of aliphatic hydroxyl groups excluding tert-OH is 1. The molecule has 2 rings (SSSR count). The highest BCUT2D eigenvalue weighted by Crippen LogP contribution is 2.29. The number of methoxy groups -OCH3 is 4. The largest absolute Gasteiger partial charge is 0.515 e. The molecule has 1 N–H and O–H groups in total. The van der Waals surface area contributed by atoms with Gasteiger partial charge < -0.3 is 24.1 Å². The minimum atomic E-state index is -0.640. The maximum absolute atomic E-state index is 12.4. The molecule has 0 aliphatic carbocycles. The molecule has 0 saturated heterocycles. The zero-order chi connectivity index (χ0) is 22.8. The molecule has 0 fully saturated rings. The third kappa shape index (κ3) is 5.99. The van der Waals surface area contributed by atoms with Crippen molar-refractivity contribution < 1.29 is 33.6 Å². The van der Waals surface area contributed by atoms with Gasteiger partial charge in [0.1, 0.15) is 5.57 Å². The Morgan fingerprint density at radius 2 is 1.06 bits per heavy atom. The molecule has 0 atom stereocenters. The van der Waals surface area contributed by atoms with Gasteiger partial charge in [-0.3, -0.25) is 9.59 Å². The summed E-state index contributed by atoms with van der Waals surface area (Å²) in [6.45, 7) is 0. The Bertz CT molecular complexity index is 953. The fraction of sp³-hybridized carbons (Fsp3) is 0.167. The van der Waals surface area contributed by atoms with Gasteiger partial charge in [0.15, 0.2) is 34.6 Å². The number of carbonyl (C=O) groups is 2. The van der Waals surface area contributed by atoms with Crippen molar-refractivity contribution in [1.82, 2.24) is 0 Å². The van der Waals surface area contributed by atoms with E-state index in [4.69, 9.17) is 18.9 Å². The fourth-order valence-corrected chi connectivity index (χ4v) is 2.69. The van der Waals surface area contributed by atoms with E-state index < -0.39 is 11.6 Å². The Balaban J connectivity index is 2.14. The van der Waals surface area contributed by atoms with Crippen molar-refractivity contribution in [3.05, 3.63) is 71.5 Å². The van der Waals surface area contributed by atoms with Gasteiger partial charge in [0, 0.05) is 0 Å². The van der Waals surface area contributed by atoms with Crippen LogP contribution in [0.25, 0.3) is 12.2 Å². The van der Waals surface area contributed by atoms with Crippen LogP contribution in [0.2, 0.25) is 0 Å². The summed E-state index contributed by atoms with van der Waals surface area (Å²) in [7, 11) is 6.06. The van der Waals surface area contributed by atoms with Crippen LogP contribution in [0.4, 0.5) is 0 Å². The molecule has 0 aromatic heterocycles. The minimum Gasteiger partial charge on any atom is -0.515 e. The first kappa shape index (κ1) is 23.3. The second-order valence-corrected chi connectivity index (χ2v) is 6.17. The van der Waals surface area contributed by atoms with Crippen LogP contribution in [0.3, 0.4) is 0 Å². The van der Waals surface area contributed by atoms with Crippen LogP contribution in [0.5, 0.6) is 23.0 Å². The molecule has 0 heterocycles. The molecule has 7 heteroatoms. The summed E-state index contributed by atoms with van der Waals surface area (Å²) in [4.78, 5) is 24.8. The Morgan fingerprint density at radius 1 is 0.677 bits per heavy atom. The molecule has 2 aromatic rings. The smallest absolute Gasteiger partial charge is 0.192 e. The number of rotatable bonds is 10. The van der Waals surface area contributed by atoms with Crippen molar-refractivity contribution >= 4 is 23.7 Å². The van der Waals surface area contributed by atoms with E-state index in [0.29, 0.717) is 40.4 Å². The second kappa shape index (κ2) is 11.3. The number of hydrogen-bond donors (Lipinski definition) is 1. The number of hydrogen-bond acceptors (Lipinski definition) is 7. The van der Waals surface area contributed by atoms with E-state index in [0.717, 1.165) is 0 Å². The van der Waals surface area contributed by atoms with Gasteiger partial charge in [-0.05, 0) is 47.5 Å². The SMILES string of the molecule is COc1ccc(/C=C/C(=O)C(=CO)C(=O)/C=C/c2ccc(OC)c(OC)c2)cc1OC. The highest BCUT2D eigenvalue weighted by atomic mass is 16.5.